The molecule has 2 rings (SSSR count). The maximum absolute atomic E-state index is 12.2. The maximum atomic E-state index is 12.2. The smallest absolute Gasteiger partial charge is 0.185 e. The minimum atomic E-state index is -3.37. The summed E-state index contributed by atoms with van der Waals surface area (Å²) in [4.78, 5) is 4.10. The van der Waals surface area contributed by atoms with E-state index in [4.69, 9.17) is 5.73 Å². The standard InChI is InChI=1S/C13H18N4O2S2/c1-2-9-21(18,19)11-12(14)17-20-13(11)16-8-5-10-3-6-15-7-4-10/h3-4,6-7,16H,2,5,8-9H2,1H3,(H2,14,17). The lowest BCUT2D eigenvalue weighted by Gasteiger charge is -2.07. The molecule has 114 valence electrons. The number of hydrogen-bond donors (Lipinski definition) is 2. The Balaban J connectivity index is 2.08. The largest absolute Gasteiger partial charge is 0.382 e. The first kappa shape index (κ1) is 15.7. The quantitative estimate of drug-likeness (QED) is 0.807. The summed E-state index contributed by atoms with van der Waals surface area (Å²) < 4.78 is 28.4. The average molecular weight is 326 g/mol. The summed E-state index contributed by atoms with van der Waals surface area (Å²) in [7, 11) is -3.37. The first-order valence-corrected chi connectivity index (χ1v) is 9.08. The fourth-order valence-corrected chi connectivity index (χ4v) is 4.59. The van der Waals surface area contributed by atoms with E-state index in [0.29, 0.717) is 18.0 Å². The molecule has 0 unspecified atom stereocenters. The summed E-state index contributed by atoms with van der Waals surface area (Å²) in [6, 6.07) is 3.86. The van der Waals surface area contributed by atoms with E-state index in [0.717, 1.165) is 23.5 Å². The molecule has 2 heterocycles. The fourth-order valence-electron chi connectivity index (χ4n) is 1.95. The second-order valence-corrected chi connectivity index (χ2v) is 7.40. The topological polar surface area (TPSA) is 98.0 Å². The van der Waals surface area contributed by atoms with Crippen molar-refractivity contribution in [2.24, 2.45) is 0 Å². The van der Waals surface area contributed by atoms with Gasteiger partial charge in [-0.1, -0.05) is 6.92 Å². The van der Waals surface area contributed by atoms with Gasteiger partial charge in [0, 0.05) is 18.9 Å². The van der Waals surface area contributed by atoms with Crippen LogP contribution < -0.4 is 11.1 Å². The lowest BCUT2D eigenvalue weighted by molar-refractivity contribution is 0.595. The number of sulfone groups is 1. The van der Waals surface area contributed by atoms with Crippen molar-refractivity contribution in [3.8, 4) is 0 Å². The summed E-state index contributed by atoms with van der Waals surface area (Å²) in [6.07, 6.45) is 4.79. The Labute approximate surface area is 128 Å². The molecule has 0 aliphatic carbocycles. The Morgan fingerprint density at radius 2 is 2.05 bits per heavy atom. The van der Waals surface area contributed by atoms with Crippen LogP contribution in [-0.4, -0.2) is 30.1 Å². The van der Waals surface area contributed by atoms with Gasteiger partial charge in [0.1, 0.15) is 9.90 Å². The second kappa shape index (κ2) is 6.86. The third-order valence-electron chi connectivity index (χ3n) is 2.91. The maximum Gasteiger partial charge on any atom is 0.185 e. The van der Waals surface area contributed by atoms with Crippen LogP contribution in [0.2, 0.25) is 0 Å². The minimum absolute atomic E-state index is 0.0780. The average Bonchev–Trinajstić information content (AvgIpc) is 2.82. The van der Waals surface area contributed by atoms with E-state index in [9.17, 15) is 8.42 Å². The molecule has 3 N–H and O–H groups in total. The zero-order chi connectivity index (χ0) is 15.3. The van der Waals surface area contributed by atoms with Crippen molar-refractivity contribution >= 4 is 32.2 Å². The van der Waals surface area contributed by atoms with Crippen LogP contribution in [0.4, 0.5) is 10.8 Å². The van der Waals surface area contributed by atoms with Crippen LogP contribution in [-0.2, 0) is 16.3 Å². The van der Waals surface area contributed by atoms with Gasteiger partial charge in [-0.2, -0.15) is 4.37 Å². The van der Waals surface area contributed by atoms with E-state index in [2.05, 4.69) is 14.7 Å². The third-order valence-corrected chi connectivity index (χ3v) is 5.84. The Morgan fingerprint density at radius 3 is 2.71 bits per heavy atom. The van der Waals surface area contributed by atoms with Gasteiger partial charge < -0.3 is 11.1 Å². The highest BCUT2D eigenvalue weighted by Gasteiger charge is 2.24. The molecule has 0 amide bonds. The van der Waals surface area contributed by atoms with Crippen molar-refractivity contribution in [3.63, 3.8) is 0 Å². The molecular formula is C13H18N4O2S2. The zero-order valence-corrected chi connectivity index (χ0v) is 13.4. The molecule has 0 aromatic carbocycles. The zero-order valence-electron chi connectivity index (χ0n) is 11.7. The van der Waals surface area contributed by atoms with Crippen molar-refractivity contribution in [1.82, 2.24) is 9.36 Å². The fraction of sp³-hybridized carbons (Fsp3) is 0.385. The van der Waals surface area contributed by atoms with E-state index in [1.54, 1.807) is 12.4 Å². The second-order valence-electron chi connectivity index (χ2n) is 4.58. The SMILES string of the molecule is CCCS(=O)(=O)c1c(N)nsc1NCCc1ccncc1. The molecule has 0 spiro atoms. The molecule has 21 heavy (non-hydrogen) atoms. The summed E-state index contributed by atoms with van der Waals surface area (Å²) in [5, 5.41) is 3.65. The van der Waals surface area contributed by atoms with Gasteiger partial charge in [-0.25, -0.2) is 8.42 Å². The number of pyridine rings is 1. The van der Waals surface area contributed by atoms with Crippen LogP contribution in [0.5, 0.6) is 0 Å². The number of aromatic nitrogens is 2. The normalized spacial score (nSPS) is 11.5. The summed E-state index contributed by atoms with van der Waals surface area (Å²) in [6.45, 7) is 2.43. The molecule has 0 aliphatic heterocycles. The van der Waals surface area contributed by atoms with Crippen LogP contribution in [0.15, 0.2) is 29.4 Å². The first-order chi connectivity index (χ1) is 10.0. The van der Waals surface area contributed by atoms with Crippen LogP contribution in [0.3, 0.4) is 0 Å². The van der Waals surface area contributed by atoms with Gasteiger partial charge in [0.25, 0.3) is 0 Å². The van der Waals surface area contributed by atoms with Crippen LogP contribution >= 0.6 is 11.5 Å². The van der Waals surface area contributed by atoms with Gasteiger partial charge in [0.15, 0.2) is 15.7 Å². The molecule has 0 saturated carbocycles. The first-order valence-electron chi connectivity index (χ1n) is 6.65. The number of hydrogen-bond acceptors (Lipinski definition) is 7. The molecule has 0 saturated heterocycles. The van der Waals surface area contributed by atoms with E-state index < -0.39 is 9.84 Å². The number of nitrogen functional groups attached to an aromatic ring is 1. The van der Waals surface area contributed by atoms with Crippen LogP contribution in [0.25, 0.3) is 0 Å². The summed E-state index contributed by atoms with van der Waals surface area (Å²) in [5.41, 5.74) is 6.84. The van der Waals surface area contributed by atoms with Gasteiger partial charge in [0.2, 0.25) is 0 Å². The number of rotatable bonds is 7. The molecule has 0 aliphatic rings. The van der Waals surface area contributed by atoms with Crippen LogP contribution in [0, 0.1) is 0 Å². The highest BCUT2D eigenvalue weighted by molar-refractivity contribution is 7.91. The highest BCUT2D eigenvalue weighted by atomic mass is 32.2. The van der Waals surface area contributed by atoms with Crippen molar-refractivity contribution in [1.29, 1.82) is 0 Å². The van der Waals surface area contributed by atoms with Gasteiger partial charge in [-0.3, -0.25) is 4.98 Å². The van der Waals surface area contributed by atoms with Crippen molar-refractivity contribution < 1.29 is 8.42 Å². The molecule has 0 bridgehead atoms. The lowest BCUT2D eigenvalue weighted by Crippen LogP contribution is -2.12. The highest BCUT2D eigenvalue weighted by Crippen LogP contribution is 2.32. The van der Waals surface area contributed by atoms with Crippen molar-refractivity contribution in [3.05, 3.63) is 30.1 Å². The van der Waals surface area contributed by atoms with E-state index >= 15 is 0 Å². The van der Waals surface area contributed by atoms with E-state index in [1.807, 2.05) is 19.1 Å². The Kier molecular flexibility index (Phi) is 5.13. The Bertz CT molecular complexity index is 683. The predicted molar refractivity (Wildman–Crippen MR) is 85.3 cm³/mol. The number of nitrogens with one attached hydrogen (secondary N) is 1. The molecule has 0 atom stereocenters. The van der Waals surface area contributed by atoms with Crippen molar-refractivity contribution in [2.45, 2.75) is 24.7 Å². The van der Waals surface area contributed by atoms with E-state index in [1.165, 1.54) is 0 Å². The number of anilines is 2. The molecule has 2 aromatic heterocycles. The summed E-state index contributed by atoms with van der Waals surface area (Å²) >= 11 is 1.09. The molecule has 2 aromatic rings. The molecule has 0 fully saturated rings. The Morgan fingerprint density at radius 1 is 1.33 bits per heavy atom. The minimum Gasteiger partial charge on any atom is -0.382 e. The lowest BCUT2D eigenvalue weighted by atomic mass is 10.2. The van der Waals surface area contributed by atoms with Gasteiger partial charge in [0.05, 0.1) is 5.75 Å². The van der Waals surface area contributed by atoms with Crippen molar-refractivity contribution in [2.75, 3.05) is 23.3 Å². The Hall–Kier alpha value is -1.67. The molecule has 6 nitrogen and oxygen atoms in total. The molecular weight excluding hydrogens is 308 g/mol. The van der Waals surface area contributed by atoms with Gasteiger partial charge in [-0.15, -0.1) is 0 Å². The summed E-state index contributed by atoms with van der Waals surface area (Å²) in [5.74, 6) is 0.161. The number of nitrogens with two attached hydrogens (primary N) is 1. The molecule has 0 radical (unpaired) electrons. The number of nitrogens with zero attached hydrogens (tertiary/aromatic N) is 2. The predicted octanol–water partition coefficient (Wildman–Crippen LogP) is 1.96. The van der Waals surface area contributed by atoms with Crippen LogP contribution in [0.1, 0.15) is 18.9 Å². The van der Waals surface area contributed by atoms with E-state index in [-0.39, 0.29) is 16.5 Å². The third kappa shape index (κ3) is 3.92. The van der Waals surface area contributed by atoms with Gasteiger partial charge in [-0.05, 0) is 42.1 Å². The van der Waals surface area contributed by atoms with Gasteiger partial charge >= 0.3 is 0 Å². The monoisotopic (exact) mass is 326 g/mol. The molecule has 8 heteroatoms.